The van der Waals surface area contributed by atoms with Crippen molar-refractivity contribution in [3.05, 3.63) is 95.5 Å². The van der Waals surface area contributed by atoms with Crippen molar-refractivity contribution in [2.24, 2.45) is 0 Å². The first kappa shape index (κ1) is 27.6. The number of nitrogens with zero attached hydrogens (tertiary/aromatic N) is 3. The summed E-state index contributed by atoms with van der Waals surface area (Å²) in [5.41, 5.74) is 3.01. The molecule has 0 unspecified atom stereocenters. The summed E-state index contributed by atoms with van der Waals surface area (Å²) in [6, 6.07) is 20.4. The molecule has 0 saturated carbocycles. The Kier molecular flexibility index (Phi) is 9.49. The molecule has 7 nitrogen and oxygen atoms in total. The van der Waals surface area contributed by atoms with Crippen molar-refractivity contribution in [3.8, 4) is 23.0 Å². The molecule has 0 fully saturated rings. The molecule has 3 aromatic carbocycles. The molecule has 1 aromatic heterocycles. The summed E-state index contributed by atoms with van der Waals surface area (Å²) in [6.07, 6.45) is 4.34. The van der Waals surface area contributed by atoms with Crippen LogP contribution >= 0.6 is 0 Å². The lowest BCUT2D eigenvalue weighted by Gasteiger charge is -2.13. The van der Waals surface area contributed by atoms with E-state index in [0.717, 1.165) is 41.6 Å². The van der Waals surface area contributed by atoms with Crippen LogP contribution in [-0.4, -0.2) is 50.0 Å². The van der Waals surface area contributed by atoms with Crippen molar-refractivity contribution in [2.75, 3.05) is 34.4 Å². The van der Waals surface area contributed by atoms with Crippen molar-refractivity contribution >= 4 is 22.4 Å². The number of ketones is 1. The monoisotopic (exact) mass is 523 g/mol. The zero-order chi connectivity index (χ0) is 27.6. The molecule has 0 atom stereocenters. The SMILES string of the molecule is [C-]#[N+]c1cc2c(Oc3ccc(CC(=O)Cc4ccc(OC)cc4)cc3)ccnc2cc1OCCCCN(C)C. The highest BCUT2D eigenvalue weighted by Gasteiger charge is 2.12. The Hall–Kier alpha value is -4.41. The van der Waals surface area contributed by atoms with E-state index in [1.54, 1.807) is 31.5 Å². The molecule has 1 heterocycles. The molecule has 39 heavy (non-hydrogen) atoms. The zero-order valence-corrected chi connectivity index (χ0v) is 22.6. The summed E-state index contributed by atoms with van der Waals surface area (Å²) in [4.78, 5) is 22.8. The van der Waals surface area contributed by atoms with Crippen molar-refractivity contribution in [2.45, 2.75) is 25.7 Å². The minimum Gasteiger partial charge on any atom is -0.505 e. The second kappa shape index (κ2) is 13.4. The molecule has 0 spiro atoms. The van der Waals surface area contributed by atoms with Gasteiger partial charge in [-0.3, -0.25) is 9.78 Å². The smallest absolute Gasteiger partial charge is 0.229 e. The number of hydrogen-bond acceptors (Lipinski definition) is 6. The predicted molar refractivity (Wildman–Crippen MR) is 153 cm³/mol. The van der Waals surface area contributed by atoms with Gasteiger partial charge in [0.15, 0.2) is 0 Å². The molecule has 0 amide bonds. The van der Waals surface area contributed by atoms with E-state index in [9.17, 15) is 4.79 Å². The van der Waals surface area contributed by atoms with Crippen molar-refractivity contribution in [1.82, 2.24) is 9.88 Å². The first-order valence-electron chi connectivity index (χ1n) is 12.9. The van der Waals surface area contributed by atoms with Gasteiger partial charge < -0.3 is 19.1 Å². The number of aromatic nitrogens is 1. The molecule has 0 aliphatic carbocycles. The number of carbonyl (C=O) groups excluding carboxylic acids is 1. The summed E-state index contributed by atoms with van der Waals surface area (Å²) in [5, 5.41) is 0.738. The van der Waals surface area contributed by atoms with Gasteiger partial charge in [-0.05, 0) is 87.1 Å². The second-order valence-electron chi connectivity index (χ2n) is 9.60. The number of unbranched alkanes of at least 4 members (excludes halogenated alkanes) is 1. The van der Waals surface area contributed by atoms with Crippen molar-refractivity contribution in [1.29, 1.82) is 0 Å². The third-order valence-electron chi connectivity index (χ3n) is 6.27. The number of methoxy groups -OCH3 is 1. The molecule has 0 aliphatic heterocycles. The van der Waals surface area contributed by atoms with Crippen molar-refractivity contribution in [3.63, 3.8) is 0 Å². The molecule has 200 valence electrons. The van der Waals surface area contributed by atoms with Gasteiger partial charge >= 0.3 is 0 Å². The highest BCUT2D eigenvalue weighted by Crippen LogP contribution is 2.37. The topological polar surface area (TPSA) is 65.2 Å². The van der Waals surface area contributed by atoms with Crippen LogP contribution < -0.4 is 14.2 Å². The van der Waals surface area contributed by atoms with Crippen LogP contribution in [0.5, 0.6) is 23.0 Å². The summed E-state index contributed by atoms with van der Waals surface area (Å²) in [7, 11) is 5.72. The Bertz CT molecular complexity index is 1440. The molecular weight excluding hydrogens is 490 g/mol. The fraction of sp³-hybridized carbons (Fsp3) is 0.281. The number of pyridine rings is 1. The minimum absolute atomic E-state index is 0.136. The number of Topliss-reactive ketones (excluding diaryl/α,β-unsaturated/α-hetero) is 1. The molecule has 0 bridgehead atoms. The minimum atomic E-state index is 0.136. The summed E-state index contributed by atoms with van der Waals surface area (Å²) in [6.45, 7) is 9.19. The van der Waals surface area contributed by atoms with Crippen LogP contribution in [0.2, 0.25) is 0 Å². The molecule has 7 heteroatoms. The lowest BCUT2D eigenvalue weighted by atomic mass is 10.0. The van der Waals surface area contributed by atoms with Crippen LogP contribution in [0.15, 0.2) is 72.9 Å². The fourth-order valence-electron chi connectivity index (χ4n) is 4.20. The van der Waals surface area contributed by atoms with E-state index < -0.39 is 0 Å². The normalized spacial score (nSPS) is 10.8. The van der Waals surface area contributed by atoms with E-state index in [2.05, 4.69) is 14.7 Å². The number of hydrogen-bond donors (Lipinski definition) is 0. The average Bonchev–Trinajstić information content (AvgIpc) is 2.94. The first-order chi connectivity index (χ1) is 18.9. The molecule has 0 radical (unpaired) electrons. The molecule has 4 rings (SSSR count). The van der Waals surface area contributed by atoms with E-state index in [1.807, 2.05) is 62.6 Å². The Balaban J connectivity index is 1.40. The number of carbonyl (C=O) groups is 1. The van der Waals surface area contributed by atoms with Gasteiger partial charge in [-0.2, -0.15) is 0 Å². The lowest BCUT2D eigenvalue weighted by Crippen LogP contribution is -2.13. The molecule has 0 saturated heterocycles. The van der Waals surface area contributed by atoms with Gasteiger partial charge in [0, 0.05) is 24.4 Å². The van der Waals surface area contributed by atoms with Crippen LogP contribution in [0, 0.1) is 6.57 Å². The molecule has 0 aliphatic rings. The summed E-state index contributed by atoms with van der Waals surface area (Å²) < 4.78 is 17.3. The maximum atomic E-state index is 12.6. The third-order valence-corrected chi connectivity index (χ3v) is 6.27. The maximum absolute atomic E-state index is 12.6. The average molecular weight is 524 g/mol. The summed E-state index contributed by atoms with van der Waals surface area (Å²) in [5.74, 6) is 2.69. The molecule has 0 N–H and O–H groups in total. The predicted octanol–water partition coefficient (Wildman–Crippen LogP) is 6.66. The van der Waals surface area contributed by atoms with E-state index in [4.69, 9.17) is 20.8 Å². The van der Waals surface area contributed by atoms with E-state index in [0.29, 0.717) is 47.9 Å². The standard InChI is InChI=1S/C32H33N3O4/c1-33-30-21-28-29(22-32(30)38-18-6-5-17-35(2)3)34-16-15-31(28)39-27-13-9-24(10-14-27)20-25(36)19-23-7-11-26(37-4)12-8-23/h7-16,21-22H,5-6,17-20H2,2-4H3. The lowest BCUT2D eigenvalue weighted by molar-refractivity contribution is -0.117. The highest BCUT2D eigenvalue weighted by molar-refractivity contribution is 5.91. The number of benzene rings is 3. The van der Waals surface area contributed by atoms with Crippen molar-refractivity contribution < 1.29 is 19.0 Å². The van der Waals surface area contributed by atoms with Crippen LogP contribution in [0.3, 0.4) is 0 Å². The molecular formula is C32H33N3O4. The first-order valence-corrected chi connectivity index (χ1v) is 12.9. The third kappa shape index (κ3) is 7.79. The van der Waals surface area contributed by atoms with Gasteiger partial charge in [0.25, 0.3) is 0 Å². The van der Waals surface area contributed by atoms with E-state index in [-0.39, 0.29) is 5.78 Å². The van der Waals surface area contributed by atoms with Crippen LogP contribution in [0.4, 0.5) is 5.69 Å². The van der Waals surface area contributed by atoms with Gasteiger partial charge in [0.05, 0.1) is 25.8 Å². The van der Waals surface area contributed by atoms with Crippen LogP contribution in [-0.2, 0) is 17.6 Å². The number of rotatable bonds is 13. The largest absolute Gasteiger partial charge is 0.505 e. The van der Waals surface area contributed by atoms with Gasteiger partial charge in [0.2, 0.25) is 5.69 Å². The van der Waals surface area contributed by atoms with Crippen LogP contribution in [0.25, 0.3) is 15.7 Å². The Morgan fingerprint density at radius 1 is 0.897 bits per heavy atom. The second-order valence-corrected chi connectivity index (χ2v) is 9.60. The van der Waals surface area contributed by atoms with E-state index in [1.165, 1.54) is 0 Å². The fourth-order valence-corrected chi connectivity index (χ4v) is 4.20. The molecule has 4 aromatic rings. The summed E-state index contributed by atoms with van der Waals surface area (Å²) >= 11 is 0. The van der Waals surface area contributed by atoms with Gasteiger partial charge in [-0.15, -0.1) is 0 Å². The van der Waals surface area contributed by atoms with E-state index >= 15 is 0 Å². The number of ether oxygens (including phenoxy) is 3. The van der Waals surface area contributed by atoms with Gasteiger partial charge in [-0.25, -0.2) is 4.85 Å². The Labute approximate surface area is 229 Å². The Morgan fingerprint density at radius 2 is 1.56 bits per heavy atom. The van der Waals surface area contributed by atoms with Crippen LogP contribution in [0.1, 0.15) is 24.0 Å². The highest BCUT2D eigenvalue weighted by atomic mass is 16.5. The number of fused-ring (bicyclic) bond motifs is 1. The zero-order valence-electron chi connectivity index (χ0n) is 22.6. The van der Waals surface area contributed by atoms with Gasteiger partial charge in [-0.1, -0.05) is 24.3 Å². The Morgan fingerprint density at radius 3 is 2.18 bits per heavy atom. The quantitative estimate of drug-likeness (QED) is 0.144. The maximum Gasteiger partial charge on any atom is 0.229 e. The van der Waals surface area contributed by atoms with Gasteiger partial charge in [0.1, 0.15) is 28.8 Å².